The molecule has 6 nitrogen and oxygen atoms in total. The van der Waals surface area contributed by atoms with E-state index in [2.05, 4.69) is 23.5 Å². The monoisotopic (exact) mass is 262 g/mol. The Bertz CT molecular complexity index is 195. The van der Waals surface area contributed by atoms with Crippen molar-refractivity contribution in [1.29, 1.82) is 0 Å². The van der Waals surface area contributed by atoms with Crippen LogP contribution in [0.5, 0.6) is 0 Å². The van der Waals surface area contributed by atoms with E-state index in [1.54, 1.807) is 6.08 Å². The number of nitrogens with zero attached hydrogens (tertiary/aromatic N) is 1. The van der Waals surface area contributed by atoms with Gasteiger partial charge in [-0.15, -0.1) is 6.58 Å². The minimum Gasteiger partial charge on any atom is -0.511 e. The van der Waals surface area contributed by atoms with Crippen molar-refractivity contribution in [3.63, 3.8) is 0 Å². The van der Waals surface area contributed by atoms with E-state index in [4.69, 9.17) is 15.3 Å². The van der Waals surface area contributed by atoms with Crippen molar-refractivity contribution >= 4 is 0 Å². The van der Waals surface area contributed by atoms with Gasteiger partial charge in [0.05, 0.1) is 26.4 Å². The first-order chi connectivity index (χ1) is 8.62. The topological polar surface area (TPSA) is 85.2 Å². The van der Waals surface area contributed by atoms with Crippen molar-refractivity contribution in [2.75, 3.05) is 46.0 Å². The molecule has 0 aromatic carbocycles. The average Bonchev–Trinajstić information content (AvgIpc) is 2.31. The number of aliphatic hydroxyl groups excluding tert-OH is 3. The minimum atomic E-state index is 0.0819. The van der Waals surface area contributed by atoms with E-state index >= 15 is 0 Å². The molecule has 108 valence electrons. The lowest BCUT2D eigenvalue weighted by Gasteiger charge is -2.17. The van der Waals surface area contributed by atoms with Crippen molar-refractivity contribution in [1.82, 2.24) is 10.4 Å². The van der Waals surface area contributed by atoms with Gasteiger partial charge in [-0.2, -0.15) is 5.48 Å². The fourth-order valence-corrected chi connectivity index (χ4v) is 0.996. The highest BCUT2D eigenvalue weighted by molar-refractivity contribution is 4.79. The van der Waals surface area contributed by atoms with E-state index in [1.807, 2.05) is 11.8 Å². The Morgan fingerprint density at radius 2 is 1.89 bits per heavy atom. The maximum absolute atomic E-state index is 8.53. The van der Waals surface area contributed by atoms with Gasteiger partial charge in [0.25, 0.3) is 0 Å². The van der Waals surface area contributed by atoms with E-state index < -0.39 is 0 Å². The Labute approximate surface area is 109 Å². The Morgan fingerprint density at radius 3 is 2.22 bits per heavy atom. The van der Waals surface area contributed by atoms with Crippen molar-refractivity contribution < 1.29 is 20.2 Å². The summed E-state index contributed by atoms with van der Waals surface area (Å²) in [5, 5.41) is 25.5. The molecule has 0 radical (unpaired) electrons. The van der Waals surface area contributed by atoms with Crippen molar-refractivity contribution in [3.8, 4) is 0 Å². The molecule has 0 aromatic heterocycles. The summed E-state index contributed by atoms with van der Waals surface area (Å²) in [5.41, 5.74) is 2.48. The maximum Gasteiger partial charge on any atom is 0.101 e. The Hall–Kier alpha value is -0.920. The largest absolute Gasteiger partial charge is 0.511 e. The molecule has 0 aromatic rings. The molecule has 0 amide bonds. The van der Waals surface area contributed by atoms with Gasteiger partial charge in [-0.1, -0.05) is 12.7 Å². The van der Waals surface area contributed by atoms with Gasteiger partial charge in [0.1, 0.15) is 5.76 Å². The molecule has 0 aliphatic heterocycles. The van der Waals surface area contributed by atoms with Crippen molar-refractivity contribution in [2.24, 2.45) is 0 Å². The number of hydroxylamine groups is 1. The first kappa shape index (κ1) is 19.4. The van der Waals surface area contributed by atoms with E-state index in [-0.39, 0.29) is 19.0 Å². The lowest BCUT2D eigenvalue weighted by Crippen LogP contribution is -2.29. The van der Waals surface area contributed by atoms with Gasteiger partial charge in [-0.25, -0.2) is 0 Å². The highest BCUT2D eigenvalue weighted by atomic mass is 16.6. The van der Waals surface area contributed by atoms with E-state index in [0.717, 1.165) is 6.54 Å². The van der Waals surface area contributed by atoms with Crippen LogP contribution in [0.3, 0.4) is 0 Å². The van der Waals surface area contributed by atoms with E-state index in [9.17, 15) is 0 Å². The Kier molecular flexibility index (Phi) is 17.3. The predicted octanol–water partition coefficient (Wildman–Crippen LogP) is 0.0582. The van der Waals surface area contributed by atoms with Crippen LogP contribution in [0.2, 0.25) is 0 Å². The maximum atomic E-state index is 8.53. The van der Waals surface area contributed by atoms with Crippen LogP contribution in [0.15, 0.2) is 25.0 Å². The lowest BCUT2D eigenvalue weighted by atomic mass is 10.4. The number of hydrogen-bond acceptors (Lipinski definition) is 6. The number of aliphatic hydroxyl groups is 3. The van der Waals surface area contributed by atoms with Crippen LogP contribution in [0.1, 0.15) is 6.92 Å². The highest BCUT2D eigenvalue weighted by Crippen LogP contribution is 1.85. The summed E-state index contributed by atoms with van der Waals surface area (Å²) in [7, 11) is 0. The smallest absolute Gasteiger partial charge is 0.101 e. The summed E-state index contributed by atoms with van der Waals surface area (Å²) in [6.45, 7) is 11.7. The number of nitrogens with one attached hydrogen (secondary N) is 1. The molecule has 0 fully saturated rings. The van der Waals surface area contributed by atoms with E-state index in [1.165, 1.54) is 0 Å². The molecule has 18 heavy (non-hydrogen) atoms. The molecule has 0 bridgehead atoms. The third-order valence-electron chi connectivity index (χ3n) is 1.74. The van der Waals surface area contributed by atoms with Gasteiger partial charge >= 0.3 is 0 Å². The van der Waals surface area contributed by atoms with Gasteiger partial charge in [0.15, 0.2) is 0 Å². The zero-order valence-electron chi connectivity index (χ0n) is 11.1. The average molecular weight is 262 g/mol. The Morgan fingerprint density at radius 1 is 1.33 bits per heavy atom. The van der Waals surface area contributed by atoms with Crippen LogP contribution in [0, 0.1) is 0 Å². The van der Waals surface area contributed by atoms with Gasteiger partial charge in [0.2, 0.25) is 0 Å². The van der Waals surface area contributed by atoms with Crippen LogP contribution < -0.4 is 5.48 Å². The van der Waals surface area contributed by atoms with Crippen LogP contribution in [-0.2, 0) is 4.84 Å². The van der Waals surface area contributed by atoms with Crippen LogP contribution in [-0.4, -0.2) is 66.2 Å². The second-order valence-corrected chi connectivity index (χ2v) is 3.36. The van der Waals surface area contributed by atoms with Crippen molar-refractivity contribution in [3.05, 3.63) is 25.0 Å². The molecule has 0 spiro atoms. The van der Waals surface area contributed by atoms with Crippen LogP contribution in [0.4, 0.5) is 0 Å². The van der Waals surface area contributed by atoms with Gasteiger partial charge in [-0.3, -0.25) is 4.90 Å². The second kappa shape index (κ2) is 16.1. The summed E-state index contributed by atoms with van der Waals surface area (Å²) in [6, 6.07) is 0. The van der Waals surface area contributed by atoms with Gasteiger partial charge in [-0.05, 0) is 6.92 Å². The Balaban J connectivity index is 0. The zero-order valence-corrected chi connectivity index (χ0v) is 11.1. The standard InChI is InChI=1S/C7H15NO2.C5H11NO2/c1-2-3-8(4-6-9)5-7-10;1-3-8-6-4-5(2)7/h2,9-10H,1,3-7H2;6-7H,2-4H2,1H3. The number of rotatable bonds is 10. The molecule has 0 aliphatic rings. The highest BCUT2D eigenvalue weighted by Gasteiger charge is 1.98. The molecule has 0 heterocycles. The first-order valence-electron chi connectivity index (χ1n) is 5.88. The molecule has 0 atom stereocenters. The molecule has 4 N–H and O–H groups in total. The molecule has 0 unspecified atom stereocenters. The first-order valence-corrected chi connectivity index (χ1v) is 5.88. The van der Waals surface area contributed by atoms with Gasteiger partial charge in [0, 0.05) is 19.6 Å². The molecular weight excluding hydrogens is 236 g/mol. The third-order valence-corrected chi connectivity index (χ3v) is 1.74. The minimum absolute atomic E-state index is 0.0819. The molecule has 0 rings (SSSR count). The van der Waals surface area contributed by atoms with Crippen LogP contribution >= 0.6 is 0 Å². The lowest BCUT2D eigenvalue weighted by molar-refractivity contribution is 0.0511. The molecule has 0 saturated heterocycles. The third kappa shape index (κ3) is 17.5. The number of hydrogen-bond donors (Lipinski definition) is 4. The predicted molar refractivity (Wildman–Crippen MR) is 72.2 cm³/mol. The van der Waals surface area contributed by atoms with Gasteiger partial charge < -0.3 is 20.2 Å². The quantitative estimate of drug-likeness (QED) is 0.193. The fraction of sp³-hybridized carbons (Fsp3) is 0.667. The van der Waals surface area contributed by atoms with Crippen LogP contribution in [0.25, 0.3) is 0 Å². The SMILES string of the molecule is C=C(O)CNOCC.C=CCN(CCO)CCO. The summed E-state index contributed by atoms with van der Waals surface area (Å²) in [5.74, 6) is 0.0819. The summed E-state index contributed by atoms with van der Waals surface area (Å²) < 4.78 is 0. The second-order valence-electron chi connectivity index (χ2n) is 3.36. The molecule has 0 aliphatic carbocycles. The summed E-state index contributed by atoms with van der Waals surface area (Å²) in [4.78, 5) is 6.60. The normalized spacial score (nSPS) is 9.78. The molecular formula is C12H26N2O4. The zero-order chi connectivity index (χ0) is 14.2. The van der Waals surface area contributed by atoms with E-state index in [0.29, 0.717) is 26.2 Å². The summed E-state index contributed by atoms with van der Waals surface area (Å²) >= 11 is 0. The van der Waals surface area contributed by atoms with Crippen molar-refractivity contribution in [2.45, 2.75) is 6.92 Å². The fourth-order valence-electron chi connectivity index (χ4n) is 0.996. The summed E-state index contributed by atoms with van der Waals surface area (Å²) in [6.07, 6.45) is 1.76. The molecule has 0 saturated carbocycles. The molecule has 6 heteroatoms.